The van der Waals surface area contributed by atoms with Crippen LogP contribution in [0.3, 0.4) is 0 Å². The molecule has 2 heterocycles. The minimum absolute atomic E-state index is 0.0546. The minimum Gasteiger partial charge on any atom is -0.493 e. The van der Waals surface area contributed by atoms with Crippen molar-refractivity contribution in [1.29, 1.82) is 0 Å². The number of carbonyl (C=O) groups is 2. The summed E-state index contributed by atoms with van der Waals surface area (Å²) in [6, 6.07) is 7.47. The van der Waals surface area contributed by atoms with Gasteiger partial charge in [0.2, 0.25) is 5.91 Å². The molecule has 2 aromatic carbocycles. The van der Waals surface area contributed by atoms with Gasteiger partial charge in [0.15, 0.2) is 0 Å². The van der Waals surface area contributed by atoms with Crippen LogP contribution >= 0.6 is 0 Å². The molecule has 1 aromatic heterocycles. The van der Waals surface area contributed by atoms with Crippen molar-refractivity contribution < 1.29 is 40.7 Å². The Morgan fingerprint density at radius 3 is 2.53 bits per heavy atom. The predicted octanol–water partition coefficient (Wildman–Crippen LogP) is 4.85. The first kappa shape index (κ1) is 31.6. The molecular weight excluding hydrogens is 582 g/mol. The summed E-state index contributed by atoms with van der Waals surface area (Å²) < 4.78 is 87.7. The van der Waals surface area contributed by atoms with Gasteiger partial charge in [0.1, 0.15) is 11.6 Å². The number of rotatable bonds is 10. The second-order valence-electron chi connectivity index (χ2n) is 9.97. The number of amides is 2. The van der Waals surface area contributed by atoms with Gasteiger partial charge in [-0.2, -0.15) is 13.2 Å². The van der Waals surface area contributed by atoms with Crippen LogP contribution in [0.4, 0.5) is 32.0 Å². The van der Waals surface area contributed by atoms with Gasteiger partial charge < -0.3 is 20.4 Å². The van der Waals surface area contributed by atoms with Gasteiger partial charge in [-0.1, -0.05) is 12.1 Å². The first-order valence-electron chi connectivity index (χ1n) is 13.3. The molecule has 4 rings (SSSR count). The fourth-order valence-corrected chi connectivity index (χ4v) is 4.61. The molecule has 1 saturated heterocycles. The summed E-state index contributed by atoms with van der Waals surface area (Å²) in [6.07, 6.45) is -4.33. The van der Waals surface area contributed by atoms with E-state index in [-0.39, 0.29) is 49.7 Å². The summed E-state index contributed by atoms with van der Waals surface area (Å²) in [5.74, 6) is -5.09. The van der Waals surface area contributed by atoms with Gasteiger partial charge in [-0.15, -0.1) is 0 Å². The third-order valence-electron chi connectivity index (χ3n) is 6.67. The number of benzene rings is 2. The molecule has 8 nitrogen and oxygen atoms in total. The number of nitrogens with zero attached hydrogens (tertiary/aromatic N) is 1. The van der Waals surface area contributed by atoms with Gasteiger partial charge in [0.25, 0.3) is 17.4 Å². The third-order valence-corrected chi connectivity index (χ3v) is 6.67. The van der Waals surface area contributed by atoms with Crippen LogP contribution < -0.4 is 20.9 Å². The average molecular weight is 611 g/mol. The Morgan fingerprint density at radius 2 is 1.88 bits per heavy atom. The second kappa shape index (κ2) is 12.9. The lowest BCUT2D eigenvalue weighted by atomic mass is 10.0. The smallest absolute Gasteiger partial charge is 0.416 e. The van der Waals surface area contributed by atoms with E-state index in [4.69, 9.17) is 4.74 Å². The van der Waals surface area contributed by atoms with E-state index in [1.54, 1.807) is 6.92 Å². The number of aromatic nitrogens is 1. The number of ether oxygens (including phenoxy) is 1. The standard InChI is InChI=1S/C29H28F6N4O4/c1-2-43-24-14-25(40)37-15-22(24)17-3-4-18(23(30)11-17)12-26(41)38-21-10-19(9-20(13-21)29(33,34)35)27(42)36-6-8-39-7-5-28(31,32)16-39/h3-4,9-11,13-15H,2,5-8,12,16H2,1H3,(H,36,42)(H,37,40)(H,38,41). The number of hydrogen-bond donors (Lipinski definition) is 3. The van der Waals surface area contributed by atoms with Gasteiger partial charge >= 0.3 is 6.18 Å². The van der Waals surface area contributed by atoms with Gasteiger partial charge in [0, 0.05) is 55.1 Å². The molecule has 0 atom stereocenters. The summed E-state index contributed by atoms with van der Waals surface area (Å²) in [7, 11) is 0. The van der Waals surface area contributed by atoms with Crippen molar-refractivity contribution in [2.45, 2.75) is 31.9 Å². The number of carbonyl (C=O) groups excluding carboxylic acids is 2. The highest BCUT2D eigenvalue weighted by Gasteiger charge is 2.37. The third kappa shape index (κ3) is 8.37. The number of halogens is 6. The Bertz CT molecular complexity index is 1560. The number of alkyl halides is 5. The zero-order chi connectivity index (χ0) is 31.4. The topological polar surface area (TPSA) is 104 Å². The van der Waals surface area contributed by atoms with Crippen LogP contribution in [0.25, 0.3) is 11.1 Å². The second-order valence-corrected chi connectivity index (χ2v) is 9.97. The summed E-state index contributed by atoms with van der Waals surface area (Å²) >= 11 is 0. The fraction of sp³-hybridized carbons (Fsp3) is 0.345. The van der Waals surface area contributed by atoms with Crippen molar-refractivity contribution in [1.82, 2.24) is 15.2 Å². The molecule has 43 heavy (non-hydrogen) atoms. The van der Waals surface area contributed by atoms with Gasteiger partial charge in [0.05, 0.1) is 25.1 Å². The molecule has 2 amide bonds. The summed E-state index contributed by atoms with van der Waals surface area (Å²) in [6.45, 7) is 1.65. The summed E-state index contributed by atoms with van der Waals surface area (Å²) in [5, 5.41) is 4.69. The molecule has 1 aliphatic rings. The SMILES string of the molecule is CCOc1cc(=O)[nH]cc1-c1ccc(CC(=O)Nc2cc(C(=O)NCCN3CCC(F)(F)C3)cc(C(F)(F)F)c2)c(F)c1. The first-order valence-corrected chi connectivity index (χ1v) is 13.3. The van der Waals surface area contributed by atoms with Gasteiger partial charge in [-0.05, 0) is 42.3 Å². The Kier molecular flexibility index (Phi) is 9.48. The molecule has 0 bridgehead atoms. The van der Waals surface area contributed by atoms with E-state index in [1.165, 1.54) is 29.3 Å². The Morgan fingerprint density at radius 1 is 1.12 bits per heavy atom. The molecule has 0 radical (unpaired) electrons. The maximum Gasteiger partial charge on any atom is 0.416 e. The zero-order valence-electron chi connectivity index (χ0n) is 22.9. The Labute approximate surface area is 242 Å². The molecule has 14 heteroatoms. The fourth-order valence-electron chi connectivity index (χ4n) is 4.61. The van der Waals surface area contributed by atoms with Crippen LogP contribution in [0.2, 0.25) is 0 Å². The normalized spacial score (nSPS) is 14.9. The Balaban J connectivity index is 1.45. The summed E-state index contributed by atoms with van der Waals surface area (Å²) in [4.78, 5) is 40.8. The van der Waals surface area contributed by atoms with Crippen molar-refractivity contribution in [2.24, 2.45) is 0 Å². The number of pyridine rings is 1. The molecule has 230 valence electrons. The number of anilines is 1. The van der Waals surface area contributed by atoms with Crippen molar-refractivity contribution in [3.63, 3.8) is 0 Å². The molecule has 0 unspecified atom stereocenters. The highest BCUT2D eigenvalue weighted by Crippen LogP contribution is 2.33. The van der Waals surface area contributed by atoms with Crippen LogP contribution in [0, 0.1) is 5.82 Å². The van der Waals surface area contributed by atoms with Crippen LogP contribution in [0.5, 0.6) is 5.75 Å². The van der Waals surface area contributed by atoms with Crippen LogP contribution in [0.1, 0.15) is 34.8 Å². The largest absolute Gasteiger partial charge is 0.493 e. The monoisotopic (exact) mass is 610 g/mol. The molecule has 1 fully saturated rings. The molecule has 3 aromatic rings. The highest BCUT2D eigenvalue weighted by atomic mass is 19.4. The maximum atomic E-state index is 15.0. The van der Waals surface area contributed by atoms with Crippen LogP contribution in [-0.2, 0) is 17.4 Å². The Hall–Kier alpha value is -4.33. The number of hydrogen-bond acceptors (Lipinski definition) is 5. The van der Waals surface area contributed by atoms with E-state index in [0.717, 1.165) is 12.1 Å². The van der Waals surface area contributed by atoms with Crippen LogP contribution in [-0.4, -0.2) is 60.4 Å². The number of nitrogens with one attached hydrogen (secondary N) is 3. The van der Waals surface area contributed by atoms with E-state index < -0.39 is 59.4 Å². The number of likely N-dealkylation sites (tertiary alicyclic amines) is 1. The average Bonchev–Trinajstić information content (AvgIpc) is 3.27. The summed E-state index contributed by atoms with van der Waals surface area (Å²) in [5.41, 5.74) is -1.64. The lowest BCUT2D eigenvalue weighted by Gasteiger charge is -2.16. The van der Waals surface area contributed by atoms with E-state index >= 15 is 0 Å². The van der Waals surface area contributed by atoms with Gasteiger partial charge in [-0.25, -0.2) is 13.2 Å². The molecule has 1 aliphatic heterocycles. The molecule has 0 saturated carbocycles. The lowest BCUT2D eigenvalue weighted by Crippen LogP contribution is -2.35. The van der Waals surface area contributed by atoms with E-state index in [1.807, 2.05) is 0 Å². The van der Waals surface area contributed by atoms with Crippen molar-refractivity contribution in [3.05, 3.63) is 81.5 Å². The minimum atomic E-state index is -4.85. The maximum absolute atomic E-state index is 15.0. The quantitative estimate of drug-likeness (QED) is 0.285. The molecule has 0 aliphatic carbocycles. The lowest BCUT2D eigenvalue weighted by molar-refractivity contribution is -0.137. The van der Waals surface area contributed by atoms with Crippen molar-refractivity contribution in [2.75, 3.05) is 38.1 Å². The first-order chi connectivity index (χ1) is 20.2. The number of aromatic amines is 1. The van der Waals surface area contributed by atoms with Crippen LogP contribution in [0.15, 0.2) is 53.5 Å². The van der Waals surface area contributed by atoms with E-state index in [2.05, 4.69) is 15.6 Å². The van der Waals surface area contributed by atoms with E-state index in [0.29, 0.717) is 23.3 Å². The van der Waals surface area contributed by atoms with E-state index in [9.17, 15) is 40.7 Å². The molecule has 0 spiro atoms. The molecule has 3 N–H and O–H groups in total. The number of H-pyrrole nitrogens is 1. The zero-order valence-corrected chi connectivity index (χ0v) is 22.9. The highest BCUT2D eigenvalue weighted by molar-refractivity contribution is 5.98. The molecular formula is C29H28F6N4O4. The van der Waals surface area contributed by atoms with Gasteiger partial charge in [-0.3, -0.25) is 19.3 Å². The van der Waals surface area contributed by atoms with Crippen molar-refractivity contribution in [3.8, 4) is 16.9 Å². The van der Waals surface area contributed by atoms with Crippen molar-refractivity contribution >= 4 is 17.5 Å². The predicted molar refractivity (Wildman–Crippen MR) is 146 cm³/mol.